The fraction of sp³-hybridized carbons (Fsp3) is 0.333. The van der Waals surface area contributed by atoms with Crippen molar-refractivity contribution in [1.29, 1.82) is 5.26 Å². The zero-order valence-electron chi connectivity index (χ0n) is 10.7. The normalized spacial score (nSPS) is 10.7. The van der Waals surface area contributed by atoms with Gasteiger partial charge >= 0.3 is 5.97 Å². The van der Waals surface area contributed by atoms with E-state index in [-0.39, 0.29) is 23.7 Å². The second kappa shape index (κ2) is 7.12. The first kappa shape index (κ1) is 16.3. The summed E-state index contributed by atoms with van der Waals surface area (Å²) in [6.07, 6.45) is -0.239. The van der Waals surface area contributed by atoms with Crippen molar-refractivity contribution >= 4 is 33.3 Å². The molecule has 0 bridgehead atoms. The van der Waals surface area contributed by atoms with Crippen molar-refractivity contribution in [1.82, 2.24) is 0 Å². The lowest BCUT2D eigenvalue weighted by atomic mass is 10.2. The van der Waals surface area contributed by atoms with Crippen LogP contribution in [-0.4, -0.2) is 26.7 Å². The number of rotatable bonds is 6. The lowest BCUT2D eigenvalue weighted by Gasteiger charge is -2.09. The number of carbonyl (C=O) groups excluding carboxylic acids is 1. The SMILES string of the molecule is CCOC(=O)CCS(=O)(=O)Nc1ccc(C#N)cc1Cl. The molecule has 0 heterocycles. The summed E-state index contributed by atoms with van der Waals surface area (Å²) in [7, 11) is -3.71. The van der Waals surface area contributed by atoms with Gasteiger partial charge in [0.1, 0.15) is 0 Å². The molecule has 0 unspecified atom stereocenters. The quantitative estimate of drug-likeness (QED) is 0.809. The number of halogens is 1. The molecule has 1 aromatic carbocycles. The summed E-state index contributed by atoms with van der Waals surface area (Å²) < 4.78 is 30.5. The molecule has 20 heavy (non-hydrogen) atoms. The molecule has 0 aliphatic heterocycles. The van der Waals surface area contributed by atoms with Gasteiger partial charge in [0.15, 0.2) is 0 Å². The van der Waals surface area contributed by atoms with E-state index in [4.69, 9.17) is 16.9 Å². The second-order valence-corrected chi connectivity index (χ2v) is 6.03. The molecule has 0 radical (unpaired) electrons. The molecule has 0 saturated carbocycles. The van der Waals surface area contributed by atoms with E-state index in [0.29, 0.717) is 5.56 Å². The van der Waals surface area contributed by atoms with Gasteiger partial charge in [-0.1, -0.05) is 11.6 Å². The van der Waals surface area contributed by atoms with Crippen LogP contribution in [0.25, 0.3) is 0 Å². The maximum absolute atomic E-state index is 11.8. The van der Waals surface area contributed by atoms with Crippen molar-refractivity contribution in [2.24, 2.45) is 0 Å². The molecule has 0 saturated heterocycles. The summed E-state index contributed by atoms with van der Waals surface area (Å²) >= 11 is 5.86. The fourth-order valence-corrected chi connectivity index (χ4v) is 2.67. The van der Waals surface area contributed by atoms with Gasteiger partial charge in [0.25, 0.3) is 0 Å². The second-order valence-electron chi connectivity index (χ2n) is 3.78. The summed E-state index contributed by atoms with van der Waals surface area (Å²) in [5.41, 5.74) is 0.485. The minimum atomic E-state index is -3.71. The van der Waals surface area contributed by atoms with E-state index in [2.05, 4.69) is 9.46 Å². The van der Waals surface area contributed by atoms with Gasteiger partial charge in [0.2, 0.25) is 10.0 Å². The van der Waals surface area contributed by atoms with E-state index in [1.54, 1.807) is 6.92 Å². The Kier molecular flexibility index (Phi) is 5.80. The number of nitrogens with zero attached hydrogens (tertiary/aromatic N) is 1. The van der Waals surface area contributed by atoms with Crippen LogP contribution in [0.5, 0.6) is 0 Å². The molecule has 0 aromatic heterocycles. The highest BCUT2D eigenvalue weighted by Gasteiger charge is 2.15. The van der Waals surface area contributed by atoms with Crippen LogP contribution in [0.4, 0.5) is 5.69 Å². The number of ether oxygens (including phenoxy) is 1. The highest BCUT2D eigenvalue weighted by molar-refractivity contribution is 7.92. The number of nitriles is 1. The molecular formula is C12H13ClN2O4S. The van der Waals surface area contributed by atoms with Gasteiger partial charge in [-0.15, -0.1) is 0 Å². The van der Waals surface area contributed by atoms with Crippen LogP contribution in [0.2, 0.25) is 5.02 Å². The molecular weight excluding hydrogens is 304 g/mol. The lowest BCUT2D eigenvalue weighted by Crippen LogP contribution is -2.20. The monoisotopic (exact) mass is 316 g/mol. The predicted molar refractivity (Wildman–Crippen MR) is 74.8 cm³/mol. The molecule has 0 spiro atoms. The zero-order valence-corrected chi connectivity index (χ0v) is 12.3. The van der Waals surface area contributed by atoms with Crippen LogP contribution in [0.15, 0.2) is 18.2 Å². The summed E-state index contributed by atoms with van der Waals surface area (Å²) in [6.45, 7) is 1.84. The van der Waals surface area contributed by atoms with E-state index < -0.39 is 21.7 Å². The Labute approximate surface area is 122 Å². The smallest absolute Gasteiger partial charge is 0.306 e. The average molecular weight is 317 g/mol. The Morgan fingerprint density at radius 3 is 2.75 bits per heavy atom. The Morgan fingerprint density at radius 2 is 2.20 bits per heavy atom. The third-order valence-corrected chi connectivity index (χ3v) is 3.83. The van der Waals surface area contributed by atoms with Gasteiger partial charge < -0.3 is 4.74 Å². The molecule has 6 nitrogen and oxygen atoms in total. The Morgan fingerprint density at radius 1 is 1.50 bits per heavy atom. The number of carbonyl (C=O) groups is 1. The molecule has 0 atom stereocenters. The molecule has 0 aliphatic carbocycles. The van der Waals surface area contributed by atoms with E-state index in [1.807, 2.05) is 6.07 Å². The summed E-state index contributed by atoms with van der Waals surface area (Å²) in [5.74, 6) is -0.980. The van der Waals surface area contributed by atoms with Crippen LogP contribution in [0.3, 0.4) is 0 Å². The average Bonchev–Trinajstić information content (AvgIpc) is 2.39. The molecule has 1 rings (SSSR count). The van der Waals surface area contributed by atoms with Crippen LogP contribution in [-0.2, 0) is 19.6 Å². The Hall–Kier alpha value is -1.78. The van der Waals surface area contributed by atoms with E-state index in [0.717, 1.165) is 0 Å². The van der Waals surface area contributed by atoms with Crippen LogP contribution < -0.4 is 4.72 Å². The third kappa shape index (κ3) is 5.07. The van der Waals surface area contributed by atoms with Crippen LogP contribution >= 0.6 is 11.6 Å². The van der Waals surface area contributed by atoms with Crippen LogP contribution in [0, 0.1) is 11.3 Å². The first-order valence-corrected chi connectivity index (χ1v) is 7.76. The molecule has 0 amide bonds. The van der Waals surface area contributed by atoms with E-state index in [9.17, 15) is 13.2 Å². The van der Waals surface area contributed by atoms with E-state index in [1.165, 1.54) is 18.2 Å². The summed E-state index contributed by atoms with van der Waals surface area (Å²) in [6, 6.07) is 6.07. The highest BCUT2D eigenvalue weighted by atomic mass is 35.5. The van der Waals surface area contributed by atoms with Gasteiger partial charge in [-0.2, -0.15) is 5.26 Å². The largest absolute Gasteiger partial charge is 0.466 e. The van der Waals surface area contributed by atoms with Gasteiger partial charge in [0, 0.05) is 0 Å². The zero-order chi connectivity index (χ0) is 15.2. The van der Waals surface area contributed by atoms with Gasteiger partial charge in [-0.05, 0) is 25.1 Å². The van der Waals surface area contributed by atoms with Crippen molar-refractivity contribution in [2.45, 2.75) is 13.3 Å². The van der Waals surface area contributed by atoms with Gasteiger partial charge in [-0.25, -0.2) is 8.42 Å². The lowest BCUT2D eigenvalue weighted by molar-refractivity contribution is -0.142. The molecule has 1 N–H and O–H groups in total. The van der Waals surface area contributed by atoms with Crippen molar-refractivity contribution in [3.05, 3.63) is 28.8 Å². The molecule has 8 heteroatoms. The van der Waals surface area contributed by atoms with Crippen molar-refractivity contribution in [3.63, 3.8) is 0 Å². The first-order valence-electron chi connectivity index (χ1n) is 5.73. The fourth-order valence-electron chi connectivity index (χ4n) is 1.34. The standard InChI is InChI=1S/C12H13ClN2O4S/c1-2-19-12(16)5-6-20(17,18)15-11-4-3-9(8-14)7-10(11)13/h3-4,7,15H,2,5-6H2,1H3. The summed E-state index contributed by atoms with van der Waals surface area (Å²) in [5, 5.41) is 8.80. The maximum atomic E-state index is 11.8. The van der Waals surface area contributed by atoms with Crippen LogP contribution in [0.1, 0.15) is 18.9 Å². The number of sulfonamides is 1. The van der Waals surface area contributed by atoms with Crippen molar-refractivity contribution < 1.29 is 17.9 Å². The number of anilines is 1. The number of hydrogen-bond acceptors (Lipinski definition) is 5. The highest BCUT2D eigenvalue weighted by Crippen LogP contribution is 2.23. The summed E-state index contributed by atoms with van der Waals surface area (Å²) in [4.78, 5) is 11.1. The molecule has 1 aromatic rings. The number of hydrogen-bond donors (Lipinski definition) is 1. The topological polar surface area (TPSA) is 96.3 Å². The van der Waals surface area contributed by atoms with Gasteiger partial charge in [-0.3, -0.25) is 9.52 Å². The van der Waals surface area contributed by atoms with Gasteiger partial charge in [0.05, 0.1) is 41.1 Å². The van der Waals surface area contributed by atoms with Crippen molar-refractivity contribution in [3.8, 4) is 6.07 Å². The first-order chi connectivity index (χ1) is 9.38. The molecule has 108 valence electrons. The number of nitrogens with one attached hydrogen (secondary N) is 1. The minimum Gasteiger partial charge on any atom is -0.466 e. The molecule has 0 fully saturated rings. The minimum absolute atomic E-state index is 0.115. The Balaban J connectivity index is 2.72. The van der Waals surface area contributed by atoms with Crippen molar-refractivity contribution in [2.75, 3.05) is 17.1 Å². The number of esters is 1. The molecule has 0 aliphatic rings. The maximum Gasteiger partial charge on any atom is 0.306 e. The number of benzene rings is 1. The van der Waals surface area contributed by atoms with E-state index >= 15 is 0 Å². The predicted octanol–water partition coefficient (Wildman–Crippen LogP) is 1.91. The third-order valence-electron chi connectivity index (χ3n) is 2.24. The Bertz CT molecular complexity index is 637.